The van der Waals surface area contributed by atoms with E-state index < -0.39 is 0 Å². The van der Waals surface area contributed by atoms with Crippen molar-refractivity contribution in [3.63, 3.8) is 0 Å². The maximum Gasteiger partial charge on any atom is 0.237 e. The molecule has 21 heavy (non-hydrogen) atoms. The summed E-state index contributed by atoms with van der Waals surface area (Å²) < 4.78 is 0. The number of nitrogens with one attached hydrogen (secondary N) is 2. The molecule has 1 aliphatic heterocycles. The lowest BCUT2D eigenvalue weighted by Crippen LogP contribution is -2.47. The van der Waals surface area contributed by atoms with E-state index in [1.54, 1.807) is 4.90 Å². The number of nitrogens with zero attached hydrogens (tertiary/aromatic N) is 2. The first-order chi connectivity index (χ1) is 9.99. The van der Waals surface area contributed by atoms with Gasteiger partial charge >= 0.3 is 0 Å². The van der Waals surface area contributed by atoms with Crippen LogP contribution < -0.4 is 10.6 Å². The Kier molecular flexibility index (Phi) is 7.12. The van der Waals surface area contributed by atoms with E-state index in [2.05, 4.69) is 16.7 Å². The van der Waals surface area contributed by atoms with E-state index in [0.29, 0.717) is 6.54 Å². The molecule has 7 heteroatoms. The maximum atomic E-state index is 11.9. The van der Waals surface area contributed by atoms with Gasteiger partial charge in [-0.25, -0.2) is 0 Å². The van der Waals surface area contributed by atoms with Crippen LogP contribution in [-0.2, 0) is 9.59 Å². The molecule has 2 atom stereocenters. The molecule has 3 N–H and O–H groups in total. The van der Waals surface area contributed by atoms with Crippen LogP contribution in [0.3, 0.4) is 0 Å². The van der Waals surface area contributed by atoms with Gasteiger partial charge in [-0.1, -0.05) is 13.8 Å². The topological polar surface area (TPSA) is 105 Å². The van der Waals surface area contributed by atoms with Crippen LogP contribution in [0.5, 0.6) is 0 Å². The Morgan fingerprint density at radius 1 is 1.43 bits per heavy atom. The van der Waals surface area contributed by atoms with E-state index in [0.717, 1.165) is 12.8 Å². The first-order valence-electron chi connectivity index (χ1n) is 7.29. The number of carbonyl (C=O) groups is 2. The van der Waals surface area contributed by atoms with Gasteiger partial charge in [0.25, 0.3) is 0 Å². The van der Waals surface area contributed by atoms with Crippen LogP contribution in [0.1, 0.15) is 26.7 Å². The van der Waals surface area contributed by atoms with Gasteiger partial charge in [0, 0.05) is 6.54 Å². The second kappa shape index (κ2) is 8.60. The van der Waals surface area contributed by atoms with E-state index in [9.17, 15) is 9.59 Å². The Bertz CT molecular complexity index is 406. The van der Waals surface area contributed by atoms with Crippen LogP contribution in [0.2, 0.25) is 0 Å². The van der Waals surface area contributed by atoms with Crippen molar-refractivity contribution in [1.82, 2.24) is 15.5 Å². The van der Waals surface area contributed by atoms with Gasteiger partial charge in [0.05, 0.1) is 31.8 Å². The summed E-state index contributed by atoms with van der Waals surface area (Å²) in [6.45, 7) is 4.36. The molecule has 1 aliphatic rings. The van der Waals surface area contributed by atoms with Gasteiger partial charge in [0.1, 0.15) is 6.04 Å². The van der Waals surface area contributed by atoms with Crippen molar-refractivity contribution in [3.8, 4) is 6.07 Å². The zero-order valence-corrected chi connectivity index (χ0v) is 12.6. The smallest absolute Gasteiger partial charge is 0.237 e. The van der Waals surface area contributed by atoms with Crippen LogP contribution in [-0.4, -0.2) is 60.1 Å². The first-order valence-corrected chi connectivity index (χ1v) is 7.29. The van der Waals surface area contributed by atoms with Crippen molar-refractivity contribution in [3.05, 3.63) is 0 Å². The van der Waals surface area contributed by atoms with Crippen molar-refractivity contribution in [2.24, 2.45) is 5.92 Å². The third-order valence-corrected chi connectivity index (χ3v) is 3.63. The van der Waals surface area contributed by atoms with Gasteiger partial charge < -0.3 is 15.3 Å². The summed E-state index contributed by atoms with van der Waals surface area (Å²) in [6, 6.07) is 1.49. The van der Waals surface area contributed by atoms with Gasteiger partial charge in [0.15, 0.2) is 0 Å². The number of likely N-dealkylation sites (tertiary alicyclic amines) is 1. The van der Waals surface area contributed by atoms with Gasteiger partial charge in [-0.15, -0.1) is 0 Å². The van der Waals surface area contributed by atoms with E-state index in [-0.39, 0.29) is 49.5 Å². The van der Waals surface area contributed by atoms with Crippen molar-refractivity contribution in [2.45, 2.75) is 38.8 Å². The molecule has 118 valence electrons. The first kappa shape index (κ1) is 17.4. The second-order valence-corrected chi connectivity index (χ2v) is 5.58. The Hall–Kier alpha value is -1.65. The molecule has 1 saturated heterocycles. The average molecular weight is 296 g/mol. The molecule has 0 aliphatic carbocycles. The number of amides is 2. The number of aliphatic hydroxyl groups is 1. The number of hydrogen-bond donors (Lipinski definition) is 3. The summed E-state index contributed by atoms with van der Waals surface area (Å²) in [7, 11) is 0. The van der Waals surface area contributed by atoms with Crippen LogP contribution >= 0.6 is 0 Å². The molecule has 0 aromatic carbocycles. The molecule has 0 aromatic rings. The lowest BCUT2D eigenvalue weighted by molar-refractivity contribution is -0.130. The predicted molar refractivity (Wildman–Crippen MR) is 77.1 cm³/mol. The highest BCUT2D eigenvalue weighted by atomic mass is 16.3. The maximum absolute atomic E-state index is 11.9. The summed E-state index contributed by atoms with van der Waals surface area (Å²) in [4.78, 5) is 25.2. The van der Waals surface area contributed by atoms with Crippen molar-refractivity contribution in [1.29, 1.82) is 5.26 Å². The molecule has 0 unspecified atom stereocenters. The lowest BCUT2D eigenvalue weighted by Gasteiger charge is -2.21. The minimum Gasteiger partial charge on any atom is -0.394 e. The average Bonchev–Trinajstić information content (AvgIpc) is 2.92. The molecule has 0 saturated carbocycles. The Labute approximate surface area is 125 Å². The molecular formula is C14H24N4O3. The zero-order valence-electron chi connectivity index (χ0n) is 12.6. The molecule has 0 aromatic heterocycles. The third-order valence-electron chi connectivity index (χ3n) is 3.63. The Morgan fingerprint density at radius 2 is 2.14 bits per heavy atom. The normalized spacial score (nSPS) is 19.4. The highest BCUT2D eigenvalue weighted by molar-refractivity contribution is 5.81. The summed E-state index contributed by atoms with van der Waals surface area (Å²) in [5, 5.41) is 23.5. The summed E-state index contributed by atoms with van der Waals surface area (Å²) in [5.41, 5.74) is 0. The molecule has 1 heterocycles. The quantitative estimate of drug-likeness (QED) is 0.572. The number of aliphatic hydroxyl groups excluding tert-OH is 1. The summed E-state index contributed by atoms with van der Waals surface area (Å²) in [6.07, 6.45) is 1.56. The molecule has 0 bridgehead atoms. The van der Waals surface area contributed by atoms with Crippen LogP contribution in [0.4, 0.5) is 0 Å². The lowest BCUT2D eigenvalue weighted by atomic mass is 10.1. The van der Waals surface area contributed by atoms with Gasteiger partial charge in [-0.3, -0.25) is 14.9 Å². The summed E-state index contributed by atoms with van der Waals surface area (Å²) >= 11 is 0. The van der Waals surface area contributed by atoms with Crippen molar-refractivity contribution >= 4 is 11.8 Å². The molecular weight excluding hydrogens is 272 g/mol. The number of carbonyl (C=O) groups excluding carboxylic acids is 2. The number of hydrogen-bond acceptors (Lipinski definition) is 5. The standard InChI is InChI=1S/C14H24N4O3/c1-10(2)12(9-19)17-13(20)7-16-8-14(21)18-5-3-4-11(18)6-15/h10-12,16,19H,3-5,7-9H2,1-2H3,(H,17,20)/t11-,12+/m0/s1. The fourth-order valence-electron chi connectivity index (χ4n) is 2.26. The summed E-state index contributed by atoms with van der Waals surface area (Å²) in [5.74, 6) is -0.273. The molecule has 0 spiro atoms. The Morgan fingerprint density at radius 3 is 2.71 bits per heavy atom. The Balaban J connectivity index is 2.28. The largest absolute Gasteiger partial charge is 0.394 e. The molecule has 7 nitrogen and oxygen atoms in total. The highest BCUT2D eigenvalue weighted by Gasteiger charge is 2.28. The zero-order chi connectivity index (χ0) is 15.8. The van der Waals surface area contributed by atoms with E-state index in [1.165, 1.54) is 0 Å². The third kappa shape index (κ3) is 5.33. The van der Waals surface area contributed by atoms with Gasteiger partial charge in [-0.2, -0.15) is 5.26 Å². The van der Waals surface area contributed by atoms with Crippen molar-refractivity contribution < 1.29 is 14.7 Å². The molecule has 1 rings (SSSR count). The van der Waals surface area contributed by atoms with E-state index in [4.69, 9.17) is 10.4 Å². The van der Waals surface area contributed by atoms with Crippen molar-refractivity contribution in [2.75, 3.05) is 26.2 Å². The number of nitriles is 1. The molecule has 0 radical (unpaired) electrons. The second-order valence-electron chi connectivity index (χ2n) is 5.58. The monoisotopic (exact) mass is 296 g/mol. The highest BCUT2D eigenvalue weighted by Crippen LogP contribution is 2.15. The SMILES string of the molecule is CC(C)[C@@H](CO)NC(=O)CNCC(=O)N1CCC[C@H]1C#N. The van der Waals surface area contributed by atoms with Crippen LogP contribution in [0.15, 0.2) is 0 Å². The molecule has 1 fully saturated rings. The fourth-order valence-corrected chi connectivity index (χ4v) is 2.26. The van der Waals surface area contributed by atoms with Gasteiger partial charge in [-0.05, 0) is 18.8 Å². The minimum absolute atomic E-state index is 0.0139. The fraction of sp³-hybridized carbons (Fsp3) is 0.786. The van der Waals surface area contributed by atoms with Crippen LogP contribution in [0, 0.1) is 17.2 Å². The molecule has 2 amide bonds. The number of rotatable bonds is 7. The van der Waals surface area contributed by atoms with E-state index in [1.807, 2.05) is 13.8 Å². The minimum atomic E-state index is -0.340. The predicted octanol–water partition coefficient (Wildman–Crippen LogP) is -0.776. The van der Waals surface area contributed by atoms with Crippen LogP contribution in [0.25, 0.3) is 0 Å². The van der Waals surface area contributed by atoms with E-state index >= 15 is 0 Å². The van der Waals surface area contributed by atoms with Gasteiger partial charge in [0.2, 0.25) is 11.8 Å².